The van der Waals surface area contributed by atoms with Crippen molar-refractivity contribution in [1.82, 2.24) is 4.31 Å². The smallest absolute Gasteiger partial charge is 0.243 e. The molecule has 0 saturated carbocycles. The van der Waals surface area contributed by atoms with Crippen LogP contribution in [0, 0.1) is 0 Å². The summed E-state index contributed by atoms with van der Waals surface area (Å²) in [7, 11) is -1.93. The average Bonchev–Trinajstić information content (AvgIpc) is 2.47. The number of hydrogen-bond acceptors (Lipinski definition) is 4. The Kier molecular flexibility index (Phi) is 4.67. The van der Waals surface area contributed by atoms with E-state index < -0.39 is 10.0 Å². The second-order valence-electron chi connectivity index (χ2n) is 5.21. The molecule has 2 atom stereocenters. The molecule has 0 unspecified atom stereocenters. The van der Waals surface area contributed by atoms with Crippen LogP contribution in [0.4, 0.5) is 0 Å². The molecule has 0 amide bonds. The number of hydrogen-bond donors (Lipinski definition) is 1. The van der Waals surface area contributed by atoms with Crippen LogP contribution in [0.2, 0.25) is 0 Å². The van der Waals surface area contributed by atoms with Gasteiger partial charge < -0.3 is 10.5 Å². The lowest BCUT2D eigenvalue weighted by molar-refractivity contribution is 0.227. The van der Waals surface area contributed by atoms with Gasteiger partial charge in [0.2, 0.25) is 10.0 Å². The molecule has 0 aromatic heterocycles. The molecule has 2 rings (SSSR count). The maximum absolute atomic E-state index is 12.7. The van der Waals surface area contributed by atoms with Crippen LogP contribution in [0.25, 0.3) is 0 Å². The van der Waals surface area contributed by atoms with Crippen molar-refractivity contribution in [3.8, 4) is 5.75 Å². The highest BCUT2D eigenvalue weighted by Crippen LogP contribution is 2.27. The van der Waals surface area contributed by atoms with Gasteiger partial charge in [0, 0.05) is 18.6 Å². The van der Waals surface area contributed by atoms with Gasteiger partial charge in [0.15, 0.2) is 0 Å². The summed E-state index contributed by atoms with van der Waals surface area (Å²) in [6.45, 7) is 2.41. The lowest BCUT2D eigenvalue weighted by Gasteiger charge is -2.36. The maximum Gasteiger partial charge on any atom is 0.243 e. The molecular weight excluding hydrogens is 276 g/mol. The first-order chi connectivity index (χ1) is 9.46. The third kappa shape index (κ3) is 2.97. The van der Waals surface area contributed by atoms with Gasteiger partial charge in [0.25, 0.3) is 0 Å². The number of ether oxygens (including phenoxy) is 1. The van der Waals surface area contributed by atoms with Gasteiger partial charge in [-0.2, -0.15) is 4.31 Å². The Morgan fingerprint density at radius 2 is 1.95 bits per heavy atom. The Labute approximate surface area is 120 Å². The van der Waals surface area contributed by atoms with Crippen LogP contribution in [-0.2, 0) is 10.0 Å². The molecule has 1 fully saturated rings. The summed E-state index contributed by atoms with van der Waals surface area (Å²) in [6, 6.07) is 6.22. The quantitative estimate of drug-likeness (QED) is 0.916. The minimum Gasteiger partial charge on any atom is -0.497 e. The fourth-order valence-electron chi connectivity index (χ4n) is 2.64. The van der Waals surface area contributed by atoms with Gasteiger partial charge >= 0.3 is 0 Å². The molecule has 20 heavy (non-hydrogen) atoms. The van der Waals surface area contributed by atoms with Crippen molar-refractivity contribution < 1.29 is 13.2 Å². The van der Waals surface area contributed by atoms with Crippen LogP contribution in [0.5, 0.6) is 5.75 Å². The fourth-order valence-corrected chi connectivity index (χ4v) is 4.41. The number of methoxy groups -OCH3 is 1. The zero-order valence-electron chi connectivity index (χ0n) is 12.0. The molecule has 0 spiro atoms. The van der Waals surface area contributed by atoms with Gasteiger partial charge in [-0.3, -0.25) is 0 Å². The Hall–Kier alpha value is -1.11. The molecule has 1 aliphatic heterocycles. The average molecular weight is 298 g/mol. The van der Waals surface area contributed by atoms with Crippen molar-refractivity contribution in [3.05, 3.63) is 24.3 Å². The second-order valence-corrected chi connectivity index (χ2v) is 7.10. The van der Waals surface area contributed by atoms with Crippen LogP contribution in [-0.4, -0.2) is 38.5 Å². The molecule has 1 saturated heterocycles. The summed E-state index contributed by atoms with van der Waals surface area (Å²) in [5.74, 6) is 0.645. The largest absolute Gasteiger partial charge is 0.497 e. The zero-order chi connectivity index (χ0) is 14.8. The van der Waals surface area contributed by atoms with Crippen molar-refractivity contribution >= 4 is 10.0 Å². The number of benzene rings is 1. The van der Waals surface area contributed by atoms with E-state index in [-0.39, 0.29) is 12.1 Å². The summed E-state index contributed by atoms with van der Waals surface area (Å²) in [4.78, 5) is 0.297. The van der Waals surface area contributed by atoms with Gasteiger partial charge in [-0.05, 0) is 44.0 Å². The number of sulfonamides is 1. The lowest BCUT2D eigenvalue weighted by atomic mass is 10.00. The normalized spacial score (nSPS) is 22.4. The maximum atomic E-state index is 12.7. The molecule has 1 heterocycles. The van der Waals surface area contributed by atoms with Crippen molar-refractivity contribution in [2.24, 2.45) is 5.73 Å². The summed E-state index contributed by atoms with van der Waals surface area (Å²) in [5, 5.41) is 0. The monoisotopic (exact) mass is 298 g/mol. The first kappa shape index (κ1) is 15.3. The van der Waals surface area contributed by atoms with Gasteiger partial charge in [0.1, 0.15) is 5.75 Å². The third-order valence-electron chi connectivity index (χ3n) is 3.77. The third-order valence-corrected chi connectivity index (χ3v) is 5.71. The first-order valence-electron chi connectivity index (χ1n) is 6.88. The molecular formula is C14H22N2O3S. The van der Waals surface area contributed by atoms with Crippen molar-refractivity contribution in [3.63, 3.8) is 0 Å². The van der Waals surface area contributed by atoms with E-state index in [1.807, 2.05) is 6.92 Å². The number of nitrogens with two attached hydrogens (primary N) is 1. The molecule has 0 bridgehead atoms. The number of rotatable bonds is 4. The van der Waals surface area contributed by atoms with Crippen LogP contribution in [0.1, 0.15) is 26.2 Å². The molecule has 0 radical (unpaired) electrons. The molecule has 6 heteroatoms. The lowest BCUT2D eigenvalue weighted by Crippen LogP contribution is -2.51. The van der Waals surface area contributed by atoms with Crippen LogP contribution < -0.4 is 10.5 Å². The van der Waals surface area contributed by atoms with E-state index in [0.29, 0.717) is 17.2 Å². The first-order valence-corrected chi connectivity index (χ1v) is 8.32. The minimum atomic E-state index is -3.48. The summed E-state index contributed by atoms with van der Waals surface area (Å²) in [5.41, 5.74) is 5.95. The molecule has 2 N–H and O–H groups in total. The predicted molar refractivity (Wildman–Crippen MR) is 78.2 cm³/mol. The van der Waals surface area contributed by atoms with E-state index in [0.717, 1.165) is 19.3 Å². The molecule has 1 aliphatic rings. The SMILES string of the molecule is COc1ccc(S(=O)(=O)N2CCCC[C@@H]2[C@@H](C)N)cc1. The van der Waals surface area contributed by atoms with Crippen LogP contribution in [0.3, 0.4) is 0 Å². The zero-order valence-corrected chi connectivity index (χ0v) is 12.8. The molecule has 0 aliphatic carbocycles. The van der Waals surface area contributed by atoms with E-state index in [1.165, 1.54) is 0 Å². The van der Waals surface area contributed by atoms with E-state index in [2.05, 4.69) is 0 Å². The van der Waals surface area contributed by atoms with E-state index in [1.54, 1.807) is 35.7 Å². The van der Waals surface area contributed by atoms with E-state index in [9.17, 15) is 8.42 Å². The van der Waals surface area contributed by atoms with Crippen LogP contribution in [0.15, 0.2) is 29.2 Å². The van der Waals surface area contributed by atoms with Gasteiger partial charge in [-0.1, -0.05) is 6.42 Å². The van der Waals surface area contributed by atoms with E-state index >= 15 is 0 Å². The highest BCUT2D eigenvalue weighted by Gasteiger charge is 2.35. The topological polar surface area (TPSA) is 72.6 Å². The highest BCUT2D eigenvalue weighted by molar-refractivity contribution is 7.89. The summed E-state index contributed by atoms with van der Waals surface area (Å²) in [6.07, 6.45) is 2.74. The predicted octanol–water partition coefficient (Wildman–Crippen LogP) is 1.59. The van der Waals surface area contributed by atoms with Gasteiger partial charge in [-0.25, -0.2) is 8.42 Å². The number of nitrogens with zero attached hydrogens (tertiary/aromatic N) is 1. The van der Waals surface area contributed by atoms with Crippen LogP contribution >= 0.6 is 0 Å². The Bertz CT molecular complexity index is 540. The molecule has 112 valence electrons. The number of piperidine rings is 1. The van der Waals surface area contributed by atoms with Crippen molar-refractivity contribution in [1.29, 1.82) is 0 Å². The fraction of sp³-hybridized carbons (Fsp3) is 0.571. The van der Waals surface area contributed by atoms with Crippen molar-refractivity contribution in [2.45, 2.75) is 43.2 Å². The molecule has 5 nitrogen and oxygen atoms in total. The van der Waals surface area contributed by atoms with Crippen molar-refractivity contribution in [2.75, 3.05) is 13.7 Å². The Morgan fingerprint density at radius 3 is 2.50 bits per heavy atom. The highest BCUT2D eigenvalue weighted by atomic mass is 32.2. The molecule has 1 aromatic rings. The molecule has 1 aromatic carbocycles. The van der Waals surface area contributed by atoms with Gasteiger partial charge in [0.05, 0.1) is 12.0 Å². The summed E-state index contributed by atoms with van der Waals surface area (Å²) >= 11 is 0. The van der Waals surface area contributed by atoms with E-state index in [4.69, 9.17) is 10.5 Å². The Balaban J connectivity index is 2.31. The Morgan fingerprint density at radius 1 is 1.30 bits per heavy atom. The summed E-state index contributed by atoms with van der Waals surface area (Å²) < 4.78 is 32.1. The van der Waals surface area contributed by atoms with Gasteiger partial charge in [-0.15, -0.1) is 0 Å². The standard InChI is InChI=1S/C14H22N2O3S/c1-11(15)14-5-3-4-10-16(14)20(17,18)13-8-6-12(19-2)7-9-13/h6-9,11,14H,3-5,10,15H2,1-2H3/t11-,14-/m1/s1. The minimum absolute atomic E-state index is 0.115. The second kappa shape index (κ2) is 6.11.